The Hall–Kier alpha value is -3.12. The number of hydrogen-bond donors (Lipinski definition) is 2. The van der Waals surface area contributed by atoms with Gasteiger partial charge in [-0.2, -0.15) is 0 Å². The summed E-state index contributed by atoms with van der Waals surface area (Å²) in [4.78, 5) is 17.5. The van der Waals surface area contributed by atoms with Crippen molar-refractivity contribution in [2.24, 2.45) is 0 Å². The lowest BCUT2D eigenvalue weighted by Crippen LogP contribution is -2.33. The van der Waals surface area contributed by atoms with Gasteiger partial charge in [0, 0.05) is 40.8 Å². The minimum Gasteiger partial charge on any atom is -0.384 e. The number of ketones is 1. The van der Waals surface area contributed by atoms with Crippen LogP contribution in [0.25, 0.3) is 11.3 Å². The van der Waals surface area contributed by atoms with E-state index in [1.165, 1.54) is 6.07 Å². The van der Waals surface area contributed by atoms with E-state index in [-0.39, 0.29) is 23.7 Å². The summed E-state index contributed by atoms with van der Waals surface area (Å²) in [5.41, 5.74) is 2.23. The maximum Gasteiger partial charge on any atom is 0.231 e. The summed E-state index contributed by atoms with van der Waals surface area (Å²) in [5, 5.41) is 20.4. The van der Waals surface area contributed by atoms with Gasteiger partial charge < -0.3 is 5.11 Å². The van der Waals surface area contributed by atoms with E-state index in [0.717, 1.165) is 15.9 Å². The van der Waals surface area contributed by atoms with Gasteiger partial charge in [-0.05, 0) is 62.6 Å². The molecule has 0 fully saturated rings. The maximum absolute atomic E-state index is 14.6. The molecule has 31 heavy (non-hydrogen) atoms. The van der Waals surface area contributed by atoms with Crippen molar-refractivity contribution in [1.29, 1.82) is 0 Å². The number of Topliss-reactive ketones (excluding diaryl/α,β-unsaturated/α-hetero) is 1. The third kappa shape index (κ3) is 5.14. The monoisotopic (exact) mass is 423 g/mol. The molecule has 0 spiro atoms. The molecule has 0 saturated carbocycles. The fraction of sp³-hybridized carbons (Fsp3) is 0.320. The number of nitrogens with zero attached hydrogens (tertiary/aromatic N) is 2. The van der Waals surface area contributed by atoms with E-state index in [2.05, 4.69) is 4.98 Å². The standard InChI is InChI=1S/C25H28FN2O3/c1-15-6-9-20(21(26)10-15)22-12-19(13-24(27-22)25(4,5)30)23(29)11-16(2)18-8-7-17(3)28(31)14-18/h6-10,12-14,16,30-31H,11H2,1-5H3/q+1/t16-/m0/s1. The fourth-order valence-electron chi connectivity index (χ4n) is 3.36. The summed E-state index contributed by atoms with van der Waals surface area (Å²) in [5.74, 6) is -0.733. The molecule has 162 valence electrons. The number of carbonyl (C=O) groups excluding carboxylic acids is 1. The molecule has 2 N–H and O–H groups in total. The number of halogens is 1. The third-order valence-electron chi connectivity index (χ3n) is 5.39. The molecule has 0 saturated heterocycles. The average Bonchev–Trinajstić information content (AvgIpc) is 2.69. The SMILES string of the molecule is Cc1ccc(-c2cc(C(=O)C[C@H](C)c3ccc(C)[n+](O)c3)cc(C(C)(C)O)n2)c(F)c1. The van der Waals surface area contributed by atoms with Gasteiger partial charge in [0.2, 0.25) is 11.9 Å². The summed E-state index contributed by atoms with van der Waals surface area (Å²) in [6.45, 7) is 8.63. The third-order valence-corrected chi connectivity index (χ3v) is 5.39. The lowest BCUT2D eigenvalue weighted by molar-refractivity contribution is -0.909. The van der Waals surface area contributed by atoms with Crippen molar-refractivity contribution < 1.29 is 24.2 Å². The van der Waals surface area contributed by atoms with E-state index in [4.69, 9.17) is 0 Å². The van der Waals surface area contributed by atoms with E-state index in [1.807, 2.05) is 13.0 Å². The zero-order valence-corrected chi connectivity index (χ0v) is 18.5. The normalized spacial score (nSPS) is 12.6. The lowest BCUT2D eigenvalue weighted by Gasteiger charge is -2.19. The Labute approximate surface area is 181 Å². The van der Waals surface area contributed by atoms with Gasteiger partial charge in [-0.1, -0.05) is 13.0 Å². The first-order valence-electron chi connectivity index (χ1n) is 10.2. The van der Waals surface area contributed by atoms with Gasteiger partial charge in [0.05, 0.1) is 11.4 Å². The minimum atomic E-state index is -1.29. The number of carbonyl (C=O) groups is 1. The lowest BCUT2D eigenvalue weighted by atomic mass is 9.92. The summed E-state index contributed by atoms with van der Waals surface area (Å²) in [6.07, 6.45) is 1.78. The van der Waals surface area contributed by atoms with E-state index in [0.29, 0.717) is 22.6 Å². The van der Waals surface area contributed by atoms with Crippen LogP contribution in [0, 0.1) is 19.7 Å². The van der Waals surface area contributed by atoms with Crippen LogP contribution in [0.3, 0.4) is 0 Å². The van der Waals surface area contributed by atoms with Crippen LogP contribution in [0.1, 0.15) is 66.0 Å². The second kappa shape index (κ2) is 8.55. The van der Waals surface area contributed by atoms with Crippen molar-refractivity contribution in [1.82, 2.24) is 4.98 Å². The zero-order valence-electron chi connectivity index (χ0n) is 18.5. The molecule has 2 aromatic heterocycles. The molecular formula is C25H28FN2O3+. The molecule has 2 heterocycles. The predicted molar refractivity (Wildman–Crippen MR) is 116 cm³/mol. The van der Waals surface area contributed by atoms with E-state index < -0.39 is 11.4 Å². The van der Waals surface area contributed by atoms with Crippen LogP contribution >= 0.6 is 0 Å². The van der Waals surface area contributed by atoms with Crippen LogP contribution in [0.15, 0.2) is 48.7 Å². The molecule has 1 atom stereocenters. The summed E-state index contributed by atoms with van der Waals surface area (Å²) < 4.78 is 15.6. The number of pyridine rings is 2. The molecule has 0 amide bonds. The smallest absolute Gasteiger partial charge is 0.231 e. The Morgan fingerprint density at radius 3 is 2.48 bits per heavy atom. The summed E-state index contributed by atoms with van der Waals surface area (Å²) in [6, 6.07) is 11.6. The van der Waals surface area contributed by atoms with Gasteiger partial charge in [0.1, 0.15) is 11.4 Å². The number of benzene rings is 1. The van der Waals surface area contributed by atoms with Gasteiger partial charge in [0.25, 0.3) is 0 Å². The molecule has 3 rings (SSSR count). The van der Waals surface area contributed by atoms with Crippen LogP contribution in [-0.4, -0.2) is 21.1 Å². The van der Waals surface area contributed by atoms with Crippen molar-refractivity contribution in [3.8, 4) is 11.3 Å². The molecule has 0 bridgehead atoms. The first-order valence-corrected chi connectivity index (χ1v) is 10.2. The highest BCUT2D eigenvalue weighted by atomic mass is 19.1. The quantitative estimate of drug-likeness (QED) is 0.344. The first kappa shape index (κ1) is 22.6. The largest absolute Gasteiger partial charge is 0.384 e. The van der Waals surface area contributed by atoms with Crippen molar-refractivity contribution in [2.75, 3.05) is 0 Å². The Morgan fingerprint density at radius 1 is 1.16 bits per heavy atom. The first-order chi connectivity index (χ1) is 14.5. The van der Waals surface area contributed by atoms with Gasteiger partial charge >= 0.3 is 0 Å². The molecule has 0 aliphatic rings. The molecule has 0 aliphatic heterocycles. The van der Waals surface area contributed by atoms with Crippen molar-refractivity contribution in [3.05, 3.63) is 82.6 Å². The van der Waals surface area contributed by atoms with Crippen LogP contribution in [0.4, 0.5) is 4.39 Å². The van der Waals surface area contributed by atoms with E-state index in [9.17, 15) is 19.5 Å². The van der Waals surface area contributed by atoms with Gasteiger partial charge in [-0.15, -0.1) is 0 Å². The van der Waals surface area contributed by atoms with Crippen molar-refractivity contribution >= 4 is 5.78 Å². The molecule has 5 nitrogen and oxygen atoms in total. The van der Waals surface area contributed by atoms with E-state index in [1.54, 1.807) is 64.2 Å². The molecule has 0 unspecified atom stereocenters. The molecular weight excluding hydrogens is 395 g/mol. The van der Waals surface area contributed by atoms with Crippen molar-refractivity contribution in [2.45, 2.75) is 52.6 Å². The number of aliphatic hydroxyl groups is 1. The minimum absolute atomic E-state index is 0.148. The van der Waals surface area contributed by atoms with Gasteiger partial charge in [-0.3, -0.25) is 10.0 Å². The number of rotatable bonds is 6. The predicted octanol–water partition coefficient (Wildman–Crippen LogP) is 4.63. The number of aryl methyl sites for hydroxylation is 2. The van der Waals surface area contributed by atoms with Crippen LogP contribution in [0.2, 0.25) is 0 Å². The fourth-order valence-corrected chi connectivity index (χ4v) is 3.36. The Balaban J connectivity index is 1.99. The Morgan fingerprint density at radius 2 is 1.87 bits per heavy atom. The van der Waals surface area contributed by atoms with Crippen LogP contribution in [-0.2, 0) is 5.60 Å². The number of hydrogen-bond acceptors (Lipinski definition) is 4. The number of aromatic nitrogens is 2. The molecule has 1 aromatic carbocycles. The highest BCUT2D eigenvalue weighted by molar-refractivity contribution is 5.97. The second-order valence-corrected chi connectivity index (χ2v) is 8.65. The zero-order chi connectivity index (χ0) is 22.9. The Kier molecular flexibility index (Phi) is 6.23. The van der Waals surface area contributed by atoms with E-state index >= 15 is 0 Å². The maximum atomic E-state index is 14.6. The van der Waals surface area contributed by atoms with Gasteiger partial charge in [-0.25, -0.2) is 9.37 Å². The van der Waals surface area contributed by atoms with Crippen molar-refractivity contribution in [3.63, 3.8) is 0 Å². The van der Waals surface area contributed by atoms with Crippen LogP contribution < -0.4 is 4.73 Å². The highest BCUT2D eigenvalue weighted by Gasteiger charge is 2.24. The molecule has 6 heteroatoms. The molecule has 0 aliphatic carbocycles. The van der Waals surface area contributed by atoms with Crippen LogP contribution in [0.5, 0.6) is 0 Å². The summed E-state index contributed by atoms with van der Waals surface area (Å²) >= 11 is 0. The molecule has 3 aromatic rings. The topological polar surface area (TPSA) is 74.3 Å². The average molecular weight is 424 g/mol. The van der Waals surface area contributed by atoms with Gasteiger partial charge in [0.15, 0.2) is 5.78 Å². The second-order valence-electron chi connectivity index (χ2n) is 8.65. The highest BCUT2D eigenvalue weighted by Crippen LogP contribution is 2.29. The summed E-state index contributed by atoms with van der Waals surface area (Å²) in [7, 11) is 0. The Bertz CT molecular complexity index is 1140. The molecule has 0 radical (unpaired) electrons.